The van der Waals surface area contributed by atoms with Crippen LogP contribution in [0.4, 0.5) is 0 Å². The van der Waals surface area contributed by atoms with Gasteiger partial charge >= 0.3 is 7.12 Å². The molecule has 1 aromatic heterocycles. The second kappa shape index (κ2) is 5.05. The fourth-order valence-corrected chi connectivity index (χ4v) is 2.77. The zero-order chi connectivity index (χ0) is 13.3. The van der Waals surface area contributed by atoms with E-state index in [9.17, 15) is 10.0 Å². The molecule has 0 bridgehead atoms. The van der Waals surface area contributed by atoms with E-state index in [1.165, 1.54) is 25.6 Å². The molecule has 0 aliphatic rings. The Labute approximate surface area is 109 Å². The molecule has 2 N–H and O–H groups in total. The number of thiophene rings is 1. The molecular formula is C11H13BO5S. The van der Waals surface area contributed by atoms with Gasteiger partial charge in [0, 0.05) is 20.9 Å². The summed E-state index contributed by atoms with van der Waals surface area (Å²) in [5.41, 5.74) is 0. The van der Waals surface area contributed by atoms with E-state index in [0.717, 1.165) is 10.1 Å². The highest BCUT2D eigenvalue weighted by molar-refractivity contribution is 7.28. The number of benzene rings is 1. The number of ether oxygens (including phenoxy) is 3. The lowest BCUT2D eigenvalue weighted by Crippen LogP contribution is -2.26. The van der Waals surface area contributed by atoms with Crippen molar-refractivity contribution in [3.63, 3.8) is 0 Å². The molecule has 0 atom stereocenters. The van der Waals surface area contributed by atoms with E-state index in [1.54, 1.807) is 19.2 Å². The SMILES string of the molecule is COc1cc2sc(B(O)O)cc2c(OC)c1OC. The van der Waals surface area contributed by atoms with E-state index in [2.05, 4.69) is 0 Å². The van der Waals surface area contributed by atoms with Gasteiger partial charge in [0.25, 0.3) is 0 Å². The molecule has 1 heterocycles. The van der Waals surface area contributed by atoms with Crippen LogP contribution in [0.1, 0.15) is 0 Å². The fourth-order valence-electron chi connectivity index (χ4n) is 1.80. The Hall–Kier alpha value is -1.44. The van der Waals surface area contributed by atoms with E-state index in [0.29, 0.717) is 22.0 Å². The third-order valence-electron chi connectivity index (χ3n) is 2.60. The van der Waals surface area contributed by atoms with Crippen LogP contribution in [0.3, 0.4) is 0 Å². The molecule has 0 saturated heterocycles. The van der Waals surface area contributed by atoms with Crippen LogP contribution in [0.15, 0.2) is 12.1 Å². The first-order chi connectivity index (χ1) is 8.62. The molecule has 1 aromatic carbocycles. The molecule has 5 nitrogen and oxygen atoms in total. The summed E-state index contributed by atoms with van der Waals surface area (Å²) < 4.78 is 17.1. The summed E-state index contributed by atoms with van der Waals surface area (Å²) in [5, 5.41) is 19.2. The normalized spacial score (nSPS) is 10.5. The van der Waals surface area contributed by atoms with Gasteiger partial charge in [-0.15, -0.1) is 11.3 Å². The highest BCUT2D eigenvalue weighted by Gasteiger charge is 2.21. The summed E-state index contributed by atoms with van der Waals surface area (Å²) in [7, 11) is 3.10. The lowest BCUT2D eigenvalue weighted by molar-refractivity contribution is 0.327. The lowest BCUT2D eigenvalue weighted by Gasteiger charge is -2.12. The maximum absolute atomic E-state index is 9.20. The molecule has 0 unspecified atom stereocenters. The average molecular weight is 268 g/mol. The summed E-state index contributed by atoms with van der Waals surface area (Å²) in [5.74, 6) is 1.56. The van der Waals surface area contributed by atoms with E-state index in [-0.39, 0.29) is 0 Å². The topological polar surface area (TPSA) is 68.2 Å². The second-order valence-corrected chi connectivity index (χ2v) is 4.69. The van der Waals surface area contributed by atoms with Crippen molar-refractivity contribution < 1.29 is 24.3 Å². The fraction of sp³-hybridized carbons (Fsp3) is 0.273. The maximum atomic E-state index is 9.20. The van der Waals surface area contributed by atoms with Crippen LogP contribution in [0.2, 0.25) is 0 Å². The number of rotatable bonds is 4. The van der Waals surface area contributed by atoms with Gasteiger partial charge in [0.05, 0.1) is 21.3 Å². The van der Waals surface area contributed by atoms with Gasteiger partial charge in [-0.05, 0) is 6.07 Å². The van der Waals surface area contributed by atoms with E-state index >= 15 is 0 Å². The van der Waals surface area contributed by atoms with Gasteiger partial charge in [0.2, 0.25) is 5.75 Å². The molecule has 0 radical (unpaired) electrons. The number of hydrogen-bond donors (Lipinski definition) is 2. The van der Waals surface area contributed by atoms with Gasteiger partial charge in [0.15, 0.2) is 11.5 Å². The van der Waals surface area contributed by atoms with Crippen molar-refractivity contribution in [2.75, 3.05) is 21.3 Å². The Kier molecular flexibility index (Phi) is 3.65. The number of methoxy groups -OCH3 is 3. The highest BCUT2D eigenvalue weighted by atomic mass is 32.1. The molecule has 0 fully saturated rings. The Morgan fingerprint density at radius 3 is 2.17 bits per heavy atom. The summed E-state index contributed by atoms with van der Waals surface area (Å²) in [6.07, 6.45) is 0. The lowest BCUT2D eigenvalue weighted by atomic mass is 9.89. The highest BCUT2D eigenvalue weighted by Crippen LogP contribution is 2.44. The van der Waals surface area contributed by atoms with E-state index in [4.69, 9.17) is 14.2 Å². The van der Waals surface area contributed by atoms with Crippen molar-refractivity contribution in [1.82, 2.24) is 0 Å². The zero-order valence-corrected chi connectivity index (χ0v) is 11.1. The van der Waals surface area contributed by atoms with Crippen molar-refractivity contribution >= 4 is 33.3 Å². The van der Waals surface area contributed by atoms with Crippen LogP contribution in [-0.4, -0.2) is 38.5 Å². The van der Waals surface area contributed by atoms with Crippen molar-refractivity contribution in [1.29, 1.82) is 0 Å². The molecule has 2 rings (SSSR count). The third-order valence-corrected chi connectivity index (χ3v) is 3.72. The van der Waals surface area contributed by atoms with Crippen LogP contribution in [0.5, 0.6) is 17.2 Å². The standard InChI is InChI=1S/C11H13BO5S/c1-15-7-5-8-6(4-9(18-8)12(13)14)10(16-2)11(7)17-3/h4-5,13-14H,1-3H3. The predicted octanol–water partition coefficient (Wildman–Crippen LogP) is 0.607. The summed E-state index contributed by atoms with van der Waals surface area (Å²) >= 11 is 1.27. The smallest absolute Gasteiger partial charge is 0.493 e. The van der Waals surface area contributed by atoms with Crippen LogP contribution < -0.4 is 19.0 Å². The minimum atomic E-state index is -1.50. The molecule has 96 valence electrons. The van der Waals surface area contributed by atoms with Gasteiger partial charge < -0.3 is 24.3 Å². The number of fused-ring (bicyclic) bond motifs is 1. The molecule has 0 spiro atoms. The Balaban J connectivity index is 2.75. The molecule has 0 aliphatic carbocycles. The van der Waals surface area contributed by atoms with Gasteiger partial charge in [-0.2, -0.15) is 0 Å². The maximum Gasteiger partial charge on any atom is 0.499 e. The van der Waals surface area contributed by atoms with Crippen LogP contribution in [-0.2, 0) is 0 Å². The second-order valence-electron chi connectivity index (χ2n) is 3.58. The van der Waals surface area contributed by atoms with Gasteiger partial charge in [-0.1, -0.05) is 0 Å². The third kappa shape index (κ3) is 2.00. The zero-order valence-electron chi connectivity index (χ0n) is 10.3. The largest absolute Gasteiger partial charge is 0.499 e. The first kappa shape index (κ1) is 13.0. The Bertz CT molecular complexity index is 566. The van der Waals surface area contributed by atoms with Crippen LogP contribution >= 0.6 is 11.3 Å². The summed E-state index contributed by atoms with van der Waals surface area (Å²) in [4.78, 5) is 0. The molecule has 7 heteroatoms. The van der Waals surface area contributed by atoms with Gasteiger partial charge in [-0.3, -0.25) is 0 Å². The minimum absolute atomic E-state index is 0.443. The van der Waals surface area contributed by atoms with E-state index < -0.39 is 7.12 Å². The Morgan fingerprint density at radius 1 is 1.00 bits per heavy atom. The summed E-state index contributed by atoms with van der Waals surface area (Å²) in [6, 6.07) is 3.46. The molecule has 0 saturated carbocycles. The average Bonchev–Trinajstić information content (AvgIpc) is 2.79. The minimum Gasteiger partial charge on any atom is -0.493 e. The van der Waals surface area contributed by atoms with Crippen LogP contribution in [0.25, 0.3) is 10.1 Å². The summed E-state index contributed by atoms with van der Waals surface area (Å²) in [6.45, 7) is 0. The van der Waals surface area contributed by atoms with Crippen molar-refractivity contribution in [2.45, 2.75) is 0 Å². The Morgan fingerprint density at radius 2 is 1.67 bits per heavy atom. The van der Waals surface area contributed by atoms with Gasteiger partial charge in [-0.25, -0.2) is 0 Å². The van der Waals surface area contributed by atoms with Gasteiger partial charge in [0.1, 0.15) is 0 Å². The molecule has 0 amide bonds. The van der Waals surface area contributed by atoms with Crippen molar-refractivity contribution in [3.05, 3.63) is 12.1 Å². The number of hydrogen-bond acceptors (Lipinski definition) is 6. The first-order valence-electron chi connectivity index (χ1n) is 5.21. The van der Waals surface area contributed by atoms with Crippen molar-refractivity contribution in [2.24, 2.45) is 0 Å². The quantitative estimate of drug-likeness (QED) is 0.795. The van der Waals surface area contributed by atoms with Crippen LogP contribution in [0, 0.1) is 0 Å². The van der Waals surface area contributed by atoms with Crippen molar-refractivity contribution in [3.8, 4) is 17.2 Å². The first-order valence-corrected chi connectivity index (χ1v) is 6.02. The molecule has 18 heavy (non-hydrogen) atoms. The van der Waals surface area contributed by atoms with E-state index in [1.807, 2.05) is 0 Å². The monoisotopic (exact) mass is 268 g/mol. The molecular weight excluding hydrogens is 255 g/mol. The predicted molar refractivity (Wildman–Crippen MR) is 71.3 cm³/mol. The molecule has 0 aliphatic heterocycles. The molecule has 2 aromatic rings.